The second-order valence-corrected chi connectivity index (χ2v) is 6.86. The fourth-order valence-corrected chi connectivity index (χ4v) is 3.35. The quantitative estimate of drug-likeness (QED) is 0.641. The molecule has 0 saturated carbocycles. The molecule has 1 fully saturated rings. The minimum absolute atomic E-state index is 0.0183. The topological polar surface area (TPSA) is 75.5 Å². The van der Waals surface area contributed by atoms with Crippen molar-refractivity contribution in [2.75, 3.05) is 13.1 Å². The van der Waals surface area contributed by atoms with Crippen LogP contribution in [-0.2, 0) is 6.54 Å². The van der Waals surface area contributed by atoms with Gasteiger partial charge in [-0.05, 0) is 30.5 Å². The SMILES string of the molecule is O=C(NC1CCN(Cc2ccccc2)CC1)c1ccc(Cl)cc1[N+](=O)[O-]. The number of amides is 1. The number of hydrogen-bond acceptors (Lipinski definition) is 4. The number of hydrogen-bond donors (Lipinski definition) is 1. The van der Waals surface area contributed by atoms with Crippen LogP contribution in [0.4, 0.5) is 5.69 Å². The number of likely N-dealkylation sites (tertiary alicyclic amines) is 1. The van der Waals surface area contributed by atoms with E-state index >= 15 is 0 Å². The van der Waals surface area contributed by atoms with Crippen LogP contribution in [0.15, 0.2) is 48.5 Å². The van der Waals surface area contributed by atoms with Crippen molar-refractivity contribution in [3.8, 4) is 0 Å². The van der Waals surface area contributed by atoms with E-state index in [2.05, 4.69) is 22.3 Å². The summed E-state index contributed by atoms with van der Waals surface area (Å²) in [5.41, 5.74) is 1.05. The maximum Gasteiger partial charge on any atom is 0.283 e. The molecule has 0 aromatic heterocycles. The van der Waals surface area contributed by atoms with Crippen LogP contribution in [0.2, 0.25) is 5.02 Å². The monoisotopic (exact) mass is 373 g/mol. The molecule has 6 nitrogen and oxygen atoms in total. The Bertz CT molecular complexity index is 790. The number of benzene rings is 2. The van der Waals surface area contributed by atoms with Gasteiger partial charge in [-0.25, -0.2) is 0 Å². The van der Waals surface area contributed by atoms with Crippen molar-refractivity contribution in [2.24, 2.45) is 0 Å². The molecule has 136 valence electrons. The molecule has 2 aromatic carbocycles. The van der Waals surface area contributed by atoms with Gasteiger partial charge >= 0.3 is 0 Å². The van der Waals surface area contributed by atoms with Crippen molar-refractivity contribution >= 4 is 23.2 Å². The fourth-order valence-electron chi connectivity index (χ4n) is 3.19. The normalized spacial score (nSPS) is 15.6. The molecule has 0 radical (unpaired) electrons. The maximum atomic E-state index is 12.4. The maximum absolute atomic E-state index is 12.4. The molecular weight excluding hydrogens is 354 g/mol. The van der Waals surface area contributed by atoms with Gasteiger partial charge in [-0.3, -0.25) is 19.8 Å². The molecule has 0 spiro atoms. The molecule has 26 heavy (non-hydrogen) atoms. The fraction of sp³-hybridized carbons (Fsp3) is 0.316. The number of nitrogens with one attached hydrogen (secondary N) is 1. The Morgan fingerprint density at radius 3 is 2.54 bits per heavy atom. The average Bonchev–Trinajstić information content (AvgIpc) is 2.64. The first-order valence-corrected chi connectivity index (χ1v) is 8.92. The van der Waals surface area contributed by atoms with Crippen molar-refractivity contribution in [3.05, 3.63) is 74.8 Å². The Kier molecular flexibility index (Phi) is 5.85. The van der Waals surface area contributed by atoms with Crippen LogP contribution < -0.4 is 5.32 Å². The van der Waals surface area contributed by atoms with Gasteiger partial charge in [0.05, 0.1) is 4.92 Å². The predicted octanol–water partition coefficient (Wildman–Crippen LogP) is 3.64. The highest BCUT2D eigenvalue weighted by Crippen LogP contribution is 2.24. The van der Waals surface area contributed by atoms with Crippen LogP contribution in [0.25, 0.3) is 0 Å². The standard InChI is InChI=1S/C19H20ClN3O3/c20-15-6-7-17(18(12-15)23(25)26)19(24)21-16-8-10-22(11-9-16)13-14-4-2-1-3-5-14/h1-7,12,16H,8-11,13H2,(H,21,24). The Labute approximate surface area is 156 Å². The third-order valence-electron chi connectivity index (χ3n) is 4.57. The van der Waals surface area contributed by atoms with Crippen molar-refractivity contribution in [1.82, 2.24) is 10.2 Å². The summed E-state index contributed by atoms with van der Waals surface area (Å²) in [6.45, 7) is 2.65. The van der Waals surface area contributed by atoms with Gasteiger partial charge in [0.15, 0.2) is 0 Å². The molecule has 1 aliphatic heterocycles. The third kappa shape index (κ3) is 4.59. The van der Waals surface area contributed by atoms with E-state index in [0.29, 0.717) is 0 Å². The minimum atomic E-state index is -0.580. The van der Waals surface area contributed by atoms with E-state index < -0.39 is 10.8 Å². The predicted molar refractivity (Wildman–Crippen MR) is 100 cm³/mol. The molecule has 1 N–H and O–H groups in total. The number of rotatable bonds is 5. The van der Waals surface area contributed by atoms with Gasteiger partial charge < -0.3 is 5.32 Å². The molecule has 1 saturated heterocycles. The summed E-state index contributed by atoms with van der Waals surface area (Å²) in [7, 11) is 0. The van der Waals surface area contributed by atoms with Crippen LogP contribution in [-0.4, -0.2) is 34.9 Å². The molecule has 1 heterocycles. The number of piperidine rings is 1. The summed E-state index contributed by atoms with van der Waals surface area (Å²) in [5, 5.41) is 14.3. The van der Waals surface area contributed by atoms with E-state index in [0.717, 1.165) is 32.5 Å². The van der Waals surface area contributed by atoms with Crippen molar-refractivity contribution < 1.29 is 9.72 Å². The summed E-state index contributed by atoms with van der Waals surface area (Å²) in [6, 6.07) is 14.4. The summed E-state index contributed by atoms with van der Waals surface area (Å²) >= 11 is 5.80. The van der Waals surface area contributed by atoms with Crippen LogP contribution in [0, 0.1) is 10.1 Å². The first-order chi connectivity index (χ1) is 12.5. The third-order valence-corrected chi connectivity index (χ3v) is 4.81. The Morgan fingerprint density at radius 2 is 1.88 bits per heavy atom. The number of nitro benzene ring substituents is 1. The number of nitrogens with zero attached hydrogens (tertiary/aromatic N) is 2. The first-order valence-electron chi connectivity index (χ1n) is 8.54. The van der Waals surface area contributed by atoms with E-state index in [-0.39, 0.29) is 22.3 Å². The molecule has 0 bridgehead atoms. The van der Waals surface area contributed by atoms with Crippen LogP contribution in [0.5, 0.6) is 0 Å². The molecular formula is C19H20ClN3O3. The van der Waals surface area contributed by atoms with Gasteiger partial charge in [-0.2, -0.15) is 0 Å². The average molecular weight is 374 g/mol. The van der Waals surface area contributed by atoms with Crippen LogP contribution in [0.1, 0.15) is 28.8 Å². The number of carbonyl (C=O) groups is 1. The summed E-state index contributed by atoms with van der Waals surface area (Å²) in [4.78, 5) is 25.4. The van der Waals surface area contributed by atoms with Crippen molar-refractivity contribution in [2.45, 2.75) is 25.4 Å². The van der Waals surface area contributed by atoms with E-state index in [1.54, 1.807) is 0 Å². The molecule has 7 heteroatoms. The van der Waals surface area contributed by atoms with Gasteiger partial charge in [0.25, 0.3) is 11.6 Å². The van der Waals surface area contributed by atoms with E-state index in [1.807, 2.05) is 18.2 Å². The lowest BCUT2D eigenvalue weighted by Gasteiger charge is -2.32. The highest BCUT2D eigenvalue weighted by atomic mass is 35.5. The molecule has 0 unspecified atom stereocenters. The summed E-state index contributed by atoms with van der Waals surface area (Å²) in [5.74, 6) is -0.421. The largest absolute Gasteiger partial charge is 0.349 e. The number of halogens is 1. The van der Waals surface area contributed by atoms with Gasteiger partial charge in [-0.1, -0.05) is 41.9 Å². The Morgan fingerprint density at radius 1 is 1.19 bits per heavy atom. The van der Waals surface area contributed by atoms with E-state index in [9.17, 15) is 14.9 Å². The number of nitro groups is 1. The second-order valence-electron chi connectivity index (χ2n) is 6.43. The van der Waals surface area contributed by atoms with Crippen LogP contribution >= 0.6 is 11.6 Å². The summed E-state index contributed by atoms with van der Waals surface area (Å²) < 4.78 is 0. The Balaban J connectivity index is 1.56. The lowest BCUT2D eigenvalue weighted by atomic mass is 10.0. The zero-order valence-corrected chi connectivity index (χ0v) is 15.0. The van der Waals surface area contributed by atoms with Crippen LogP contribution in [0.3, 0.4) is 0 Å². The summed E-state index contributed by atoms with van der Waals surface area (Å²) in [6.07, 6.45) is 1.64. The lowest BCUT2D eigenvalue weighted by molar-refractivity contribution is -0.385. The lowest BCUT2D eigenvalue weighted by Crippen LogP contribution is -2.44. The number of carbonyl (C=O) groups excluding carboxylic acids is 1. The zero-order chi connectivity index (χ0) is 18.5. The molecule has 1 aliphatic rings. The van der Waals surface area contributed by atoms with Gasteiger partial charge in [-0.15, -0.1) is 0 Å². The Hall–Kier alpha value is -2.44. The molecule has 0 atom stereocenters. The van der Waals surface area contributed by atoms with Crippen molar-refractivity contribution in [3.63, 3.8) is 0 Å². The molecule has 2 aromatic rings. The highest BCUT2D eigenvalue weighted by Gasteiger charge is 2.25. The first kappa shape index (κ1) is 18.4. The molecule has 1 amide bonds. The highest BCUT2D eigenvalue weighted by molar-refractivity contribution is 6.31. The smallest absolute Gasteiger partial charge is 0.283 e. The molecule has 0 aliphatic carbocycles. The van der Waals surface area contributed by atoms with Gasteiger partial charge in [0.2, 0.25) is 0 Å². The van der Waals surface area contributed by atoms with E-state index in [4.69, 9.17) is 11.6 Å². The second kappa shape index (κ2) is 8.29. The van der Waals surface area contributed by atoms with E-state index in [1.165, 1.54) is 23.8 Å². The zero-order valence-electron chi connectivity index (χ0n) is 14.2. The minimum Gasteiger partial charge on any atom is -0.349 e. The van der Waals surface area contributed by atoms with Crippen molar-refractivity contribution in [1.29, 1.82) is 0 Å². The molecule has 3 rings (SSSR count). The van der Waals surface area contributed by atoms with Gasteiger partial charge in [0, 0.05) is 36.8 Å². The van der Waals surface area contributed by atoms with Gasteiger partial charge in [0.1, 0.15) is 5.56 Å².